The Kier molecular flexibility index (Phi) is 4.91. The number of benzene rings is 2. The molecule has 148 valence electrons. The van der Waals surface area contributed by atoms with Crippen molar-refractivity contribution in [1.82, 2.24) is 20.5 Å². The van der Waals surface area contributed by atoms with Crippen LogP contribution in [0, 0.1) is 0 Å². The summed E-state index contributed by atoms with van der Waals surface area (Å²) in [6.07, 6.45) is 3.64. The van der Waals surface area contributed by atoms with E-state index in [1.54, 1.807) is 17.5 Å². The number of fused-ring (bicyclic) bond motifs is 1. The number of amides is 1. The Morgan fingerprint density at radius 1 is 1.03 bits per heavy atom. The van der Waals surface area contributed by atoms with E-state index in [1.165, 1.54) is 15.8 Å². The lowest BCUT2D eigenvalue weighted by molar-refractivity contribution is 0.0953. The van der Waals surface area contributed by atoms with Gasteiger partial charge >= 0.3 is 0 Å². The van der Waals surface area contributed by atoms with E-state index in [-0.39, 0.29) is 11.8 Å². The quantitative estimate of drug-likeness (QED) is 0.359. The fraction of sp³-hybridized carbons (Fsp3) is 0.0833. The number of hydrogen-bond acceptors (Lipinski definition) is 3. The van der Waals surface area contributed by atoms with Crippen molar-refractivity contribution in [2.75, 3.05) is 6.54 Å². The monoisotopic (exact) mass is 412 g/mol. The summed E-state index contributed by atoms with van der Waals surface area (Å²) in [5, 5.41) is 13.4. The van der Waals surface area contributed by atoms with E-state index >= 15 is 0 Å². The van der Waals surface area contributed by atoms with Crippen molar-refractivity contribution in [2.45, 2.75) is 5.92 Å². The average Bonchev–Trinajstić information content (AvgIpc) is 3.55. The molecule has 0 saturated carbocycles. The van der Waals surface area contributed by atoms with E-state index < -0.39 is 0 Å². The van der Waals surface area contributed by atoms with Gasteiger partial charge in [0.25, 0.3) is 5.91 Å². The third kappa shape index (κ3) is 3.42. The third-order valence-electron chi connectivity index (χ3n) is 5.30. The van der Waals surface area contributed by atoms with E-state index in [4.69, 9.17) is 0 Å². The Morgan fingerprint density at radius 2 is 1.87 bits per heavy atom. The fourth-order valence-corrected chi connectivity index (χ4v) is 4.65. The van der Waals surface area contributed by atoms with Gasteiger partial charge in [-0.2, -0.15) is 5.10 Å². The number of carbonyl (C=O) groups is 1. The molecule has 2 aromatic carbocycles. The molecular weight excluding hydrogens is 392 g/mol. The second-order valence-electron chi connectivity index (χ2n) is 7.09. The molecule has 0 radical (unpaired) electrons. The largest absolute Gasteiger partial charge is 0.361 e. The van der Waals surface area contributed by atoms with E-state index in [9.17, 15) is 4.79 Å². The SMILES string of the molecule is O=C(NCC(c1cccs1)c1c[nH]c2ccccc12)c1cn[nH]c1-c1ccccc1. The summed E-state index contributed by atoms with van der Waals surface area (Å²) in [4.78, 5) is 17.6. The zero-order valence-corrected chi connectivity index (χ0v) is 16.9. The molecule has 5 rings (SSSR count). The number of nitrogens with one attached hydrogen (secondary N) is 3. The van der Waals surface area contributed by atoms with Crippen LogP contribution in [0.1, 0.15) is 26.7 Å². The molecule has 5 nitrogen and oxygen atoms in total. The maximum Gasteiger partial charge on any atom is 0.255 e. The second-order valence-corrected chi connectivity index (χ2v) is 8.07. The number of hydrogen-bond donors (Lipinski definition) is 3. The molecule has 0 aliphatic rings. The van der Waals surface area contributed by atoms with Crippen molar-refractivity contribution >= 4 is 28.1 Å². The molecule has 3 N–H and O–H groups in total. The minimum Gasteiger partial charge on any atom is -0.361 e. The Balaban J connectivity index is 1.42. The summed E-state index contributed by atoms with van der Waals surface area (Å²) < 4.78 is 0. The van der Waals surface area contributed by atoms with Gasteiger partial charge in [-0.3, -0.25) is 9.89 Å². The number of thiophene rings is 1. The zero-order valence-electron chi connectivity index (χ0n) is 16.1. The van der Waals surface area contributed by atoms with Crippen LogP contribution in [0.4, 0.5) is 0 Å². The Morgan fingerprint density at radius 3 is 2.70 bits per heavy atom. The van der Waals surface area contributed by atoms with Crippen LogP contribution in [0.3, 0.4) is 0 Å². The first-order valence-corrected chi connectivity index (χ1v) is 10.7. The molecule has 1 amide bonds. The van der Waals surface area contributed by atoms with E-state index in [0.717, 1.165) is 16.8 Å². The van der Waals surface area contributed by atoms with Crippen molar-refractivity contribution in [2.24, 2.45) is 0 Å². The highest BCUT2D eigenvalue weighted by molar-refractivity contribution is 7.10. The van der Waals surface area contributed by atoms with Crippen molar-refractivity contribution in [1.29, 1.82) is 0 Å². The maximum atomic E-state index is 13.0. The lowest BCUT2D eigenvalue weighted by Gasteiger charge is -2.16. The highest BCUT2D eigenvalue weighted by Gasteiger charge is 2.22. The summed E-state index contributed by atoms with van der Waals surface area (Å²) in [7, 11) is 0. The molecule has 1 atom stereocenters. The number of carbonyl (C=O) groups excluding carboxylic acids is 1. The molecule has 6 heteroatoms. The minimum atomic E-state index is -0.135. The van der Waals surface area contributed by atoms with Crippen LogP contribution in [0.25, 0.3) is 22.2 Å². The highest BCUT2D eigenvalue weighted by atomic mass is 32.1. The van der Waals surface area contributed by atoms with E-state index in [0.29, 0.717) is 12.1 Å². The molecule has 0 bridgehead atoms. The van der Waals surface area contributed by atoms with Crippen LogP contribution < -0.4 is 5.32 Å². The number of rotatable bonds is 6. The summed E-state index contributed by atoms with van der Waals surface area (Å²) in [6, 6.07) is 22.2. The second kappa shape index (κ2) is 8.00. The molecule has 1 unspecified atom stereocenters. The molecule has 0 aliphatic heterocycles. The van der Waals surface area contributed by atoms with Crippen molar-refractivity contribution in [3.05, 3.63) is 101 Å². The van der Waals surface area contributed by atoms with Gasteiger partial charge in [0.1, 0.15) is 0 Å². The van der Waals surface area contributed by atoms with Gasteiger partial charge in [-0.25, -0.2) is 0 Å². The van der Waals surface area contributed by atoms with Crippen molar-refractivity contribution in [3.63, 3.8) is 0 Å². The van der Waals surface area contributed by atoms with Crippen LogP contribution in [0.5, 0.6) is 0 Å². The first-order chi connectivity index (χ1) is 14.8. The van der Waals surface area contributed by atoms with Gasteiger partial charge in [-0.15, -0.1) is 11.3 Å². The number of para-hydroxylation sites is 1. The maximum absolute atomic E-state index is 13.0. The van der Waals surface area contributed by atoms with Gasteiger partial charge in [0.15, 0.2) is 0 Å². The smallest absolute Gasteiger partial charge is 0.255 e. The Labute approximate surface area is 177 Å². The van der Waals surface area contributed by atoms with Crippen LogP contribution in [-0.2, 0) is 0 Å². The zero-order chi connectivity index (χ0) is 20.3. The molecule has 0 fully saturated rings. The first kappa shape index (κ1) is 18.4. The lowest BCUT2D eigenvalue weighted by Crippen LogP contribution is -2.28. The average molecular weight is 413 g/mol. The van der Waals surface area contributed by atoms with Crippen molar-refractivity contribution < 1.29 is 4.79 Å². The van der Waals surface area contributed by atoms with Gasteiger partial charge in [-0.05, 0) is 23.1 Å². The molecule has 0 spiro atoms. The number of aromatic nitrogens is 3. The van der Waals surface area contributed by atoms with E-state index in [2.05, 4.69) is 50.3 Å². The fourth-order valence-electron chi connectivity index (χ4n) is 3.81. The lowest BCUT2D eigenvalue weighted by atomic mass is 9.96. The van der Waals surface area contributed by atoms with Crippen LogP contribution in [0.2, 0.25) is 0 Å². The molecule has 3 heterocycles. The van der Waals surface area contributed by atoms with Crippen molar-refractivity contribution in [3.8, 4) is 11.3 Å². The van der Waals surface area contributed by atoms with Crippen LogP contribution in [0.15, 0.2) is 84.5 Å². The topological polar surface area (TPSA) is 73.6 Å². The number of H-pyrrole nitrogens is 2. The van der Waals surface area contributed by atoms with Gasteiger partial charge < -0.3 is 10.3 Å². The van der Waals surface area contributed by atoms with Gasteiger partial charge in [0, 0.05) is 40.0 Å². The molecule has 30 heavy (non-hydrogen) atoms. The molecule has 0 aliphatic carbocycles. The van der Waals surface area contributed by atoms with Gasteiger partial charge in [0.2, 0.25) is 0 Å². The Hall–Kier alpha value is -3.64. The summed E-state index contributed by atoms with van der Waals surface area (Å²) in [6.45, 7) is 0.501. The third-order valence-corrected chi connectivity index (χ3v) is 6.28. The molecular formula is C24H20N4OS. The number of aromatic amines is 2. The predicted molar refractivity (Wildman–Crippen MR) is 121 cm³/mol. The van der Waals surface area contributed by atoms with Crippen LogP contribution >= 0.6 is 11.3 Å². The van der Waals surface area contributed by atoms with Crippen LogP contribution in [-0.4, -0.2) is 27.6 Å². The molecule has 5 aromatic rings. The summed E-state index contributed by atoms with van der Waals surface area (Å²) in [5.41, 5.74) is 4.50. The highest BCUT2D eigenvalue weighted by Crippen LogP contribution is 2.33. The molecule has 0 saturated heterocycles. The summed E-state index contributed by atoms with van der Waals surface area (Å²) >= 11 is 1.70. The predicted octanol–water partition coefficient (Wildman–Crippen LogP) is 5.18. The Bertz CT molecular complexity index is 1270. The molecule has 3 aromatic heterocycles. The summed E-state index contributed by atoms with van der Waals surface area (Å²) in [5.74, 6) is -0.0684. The minimum absolute atomic E-state index is 0.0668. The first-order valence-electron chi connectivity index (χ1n) is 9.77. The number of nitrogens with zero attached hydrogens (tertiary/aromatic N) is 1. The van der Waals surface area contributed by atoms with Gasteiger partial charge in [0.05, 0.1) is 17.5 Å². The van der Waals surface area contributed by atoms with E-state index in [1.807, 2.05) is 48.5 Å². The van der Waals surface area contributed by atoms with Gasteiger partial charge in [-0.1, -0.05) is 54.6 Å². The standard InChI is InChI=1S/C24H20N4OS/c29-24(20-15-27-28-23(20)16-7-2-1-3-8-16)26-14-19(22-11-6-12-30-22)18-13-25-21-10-5-4-9-17(18)21/h1-13,15,19,25H,14H2,(H,26,29)(H,27,28). The normalized spacial score (nSPS) is 12.1.